The van der Waals surface area contributed by atoms with Crippen LogP contribution in [-0.4, -0.2) is 43.1 Å². The number of hydrogen-bond donors (Lipinski definition) is 1. The van der Waals surface area contributed by atoms with Gasteiger partial charge in [0, 0.05) is 25.4 Å². The van der Waals surface area contributed by atoms with E-state index < -0.39 is 11.9 Å². The highest BCUT2D eigenvalue weighted by atomic mass is 16.5. The molecule has 0 bridgehead atoms. The average Bonchev–Trinajstić information content (AvgIpc) is 2.49. The van der Waals surface area contributed by atoms with Crippen LogP contribution in [0.2, 0.25) is 0 Å². The van der Waals surface area contributed by atoms with Crippen LogP contribution in [0.5, 0.6) is 0 Å². The fourth-order valence-corrected chi connectivity index (χ4v) is 1.32. The Labute approximate surface area is 116 Å². The Hall–Kier alpha value is -2.44. The Balaban J connectivity index is 2.17. The van der Waals surface area contributed by atoms with Gasteiger partial charge in [-0.3, -0.25) is 14.6 Å². The maximum absolute atomic E-state index is 11.5. The molecule has 108 valence electrons. The van der Waals surface area contributed by atoms with E-state index in [1.165, 1.54) is 31.6 Å². The standard InChI is InChI=1S/C13H16N2O5/c1-19-12(17)3-2-6-15-11(16)9-20-13(18)10-4-7-14-8-5-10/h4-5,7-8H,2-3,6,9H2,1H3,(H,15,16). The normalized spacial score (nSPS) is 9.65. The summed E-state index contributed by atoms with van der Waals surface area (Å²) in [5, 5.41) is 2.53. The molecule has 0 aliphatic heterocycles. The minimum absolute atomic E-state index is 0.230. The second kappa shape index (κ2) is 8.63. The molecule has 0 aliphatic carbocycles. The predicted octanol–water partition coefficient (Wildman–Crippen LogP) is 0.308. The molecule has 0 fully saturated rings. The molecule has 1 rings (SSSR count). The monoisotopic (exact) mass is 280 g/mol. The molecule has 0 aliphatic rings. The molecule has 0 unspecified atom stereocenters. The van der Waals surface area contributed by atoms with E-state index in [9.17, 15) is 14.4 Å². The number of aromatic nitrogens is 1. The van der Waals surface area contributed by atoms with Crippen molar-refractivity contribution in [1.82, 2.24) is 10.3 Å². The maximum atomic E-state index is 11.5. The zero-order valence-corrected chi connectivity index (χ0v) is 11.1. The largest absolute Gasteiger partial charge is 0.469 e. The lowest BCUT2D eigenvalue weighted by Gasteiger charge is -2.06. The van der Waals surface area contributed by atoms with Gasteiger partial charge in [0.2, 0.25) is 0 Å². The fourth-order valence-electron chi connectivity index (χ4n) is 1.32. The van der Waals surface area contributed by atoms with Crippen molar-refractivity contribution in [2.24, 2.45) is 0 Å². The lowest BCUT2D eigenvalue weighted by Crippen LogP contribution is -2.29. The van der Waals surface area contributed by atoms with E-state index in [-0.39, 0.29) is 19.0 Å². The van der Waals surface area contributed by atoms with Gasteiger partial charge in [0.25, 0.3) is 5.91 Å². The van der Waals surface area contributed by atoms with E-state index in [0.29, 0.717) is 18.5 Å². The molecule has 1 N–H and O–H groups in total. The summed E-state index contributed by atoms with van der Waals surface area (Å²) in [5.74, 6) is -1.34. The van der Waals surface area contributed by atoms with Gasteiger partial charge >= 0.3 is 11.9 Å². The topological polar surface area (TPSA) is 94.6 Å². The minimum Gasteiger partial charge on any atom is -0.469 e. The minimum atomic E-state index is -0.586. The molecule has 1 amide bonds. The van der Waals surface area contributed by atoms with Gasteiger partial charge < -0.3 is 14.8 Å². The summed E-state index contributed by atoms with van der Waals surface area (Å²) in [4.78, 5) is 37.5. The van der Waals surface area contributed by atoms with Crippen LogP contribution in [0.4, 0.5) is 0 Å². The van der Waals surface area contributed by atoms with Crippen LogP contribution >= 0.6 is 0 Å². The van der Waals surface area contributed by atoms with Crippen molar-refractivity contribution in [3.63, 3.8) is 0 Å². The first-order valence-corrected chi connectivity index (χ1v) is 6.04. The molecule has 0 saturated carbocycles. The lowest BCUT2D eigenvalue weighted by atomic mass is 10.3. The van der Waals surface area contributed by atoms with Crippen molar-refractivity contribution in [3.8, 4) is 0 Å². The van der Waals surface area contributed by atoms with Crippen molar-refractivity contribution in [3.05, 3.63) is 30.1 Å². The molecule has 7 heteroatoms. The van der Waals surface area contributed by atoms with E-state index in [4.69, 9.17) is 4.74 Å². The number of nitrogens with one attached hydrogen (secondary N) is 1. The SMILES string of the molecule is COC(=O)CCCNC(=O)COC(=O)c1ccncc1. The molecule has 0 saturated heterocycles. The first kappa shape index (κ1) is 15.6. The smallest absolute Gasteiger partial charge is 0.338 e. The van der Waals surface area contributed by atoms with Crippen LogP contribution in [0.25, 0.3) is 0 Å². The quantitative estimate of drug-likeness (QED) is 0.570. The van der Waals surface area contributed by atoms with Crippen molar-refractivity contribution in [2.45, 2.75) is 12.8 Å². The van der Waals surface area contributed by atoms with E-state index in [2.05, 4.69) is 15.0 Å². The van der Waals surface area contributed by atoms with E-state index in [1.807, 2.05) is 0 Å². The van der Waals surface area contributed by atoms with Crippen LogP contribution in [0, 0.1) is 0 Å². The van der Waals surface area contributed by atoms with Gasteiger partial charge in [-0.1, -0.05) is 0 Å². The number of pyridine rings is 1. The number of esters is 2. The summed E-state index contributed by atoms with van der Waals surface area (Å²) in [6.45, 7) is -0.0415. The first-order chi connectivity index (χ1) is 9.63. The third kappa shape index (κ3) is 5.94. The molecule has 1 aromatic rings. The molecule has 0 atom stereocenters. The van der Waals surface area contributed by atoms with Crippen molar-refractivity contribution in [1.29, 1.82) is 0 Å². The van der Waals surface area contributed by atoms with Gasteiger partial charge in [-0.15, -0.1) is 0 Å². The van der Waals surface area contributed by atoms with Gasteiger partial charge in [0.1, 0.15) is 0 Å². The van der Waals surface area contributed by atoms with Crippen LogP contribution in [0.3, 0.4) is 0 Å². The molecule has 0 aromatic carbocycles. The molecular formula is C13H16N2O5. The highest BCUT2D eigenvalue weighted by Gasteiger charge is 2.09. The number of carbonyl (C=O) groups excluding carboxylic acids is 3. The first-order valence-electron chi connectivity index (χ1n) is 6.04. The zero-order chi connectivity index (χ0) is 14.8. The average molecular weight is 280 g/mol. The Kier molecular flexibility index (Phi) is 6.74. The number of carbonyl (C=O) groups is 3. The van der Waals surface area contributed by atoms with Crippen LogP contribution < -0.4 is 5.32 Å². The molecule has 0 radical (unpaired) electrons. The highest BCUT2D eigenvalue weighted by Crippen LogP contribution is 1.98. The Bertz CT molecular complexity index is 461. The predicted molar refractivity (Wildman–Crippen MR) is 68.8 cm³/mol. The van der Waals surface area contributed by atoms with Gasteiger partial charge in [-0.05, 0) is 18.6 Å². The van der Waals surface area contributed by atoms with E-state index >= 15 is 0 Å². The van der Waals surface area contributed by atoms with Crippen molar-refractivity contribution < 1.29 is 23.9 Å². The molecule has 7 nitrogen and oxygen atoms in total. The number of nitrogens with zero attached hydrogens (tertiary/aromatic N) is 1. The number of rotatable bonds is 7. The highest BCUT2D eigenvalue weighted by molar-refractivity contribution is 5.91. The fraction of sp³-hybridized carbons (Fsp3) is 0.385. The molecule has 1 aromatic heterocycles. The Morgan fingerprint density at radius 1 is 1.25 bits per heavy atom. The van der Waals surface area contributed by atoms with Gasteiger partial charge in [0.15, 0.2) is 6.61 Å². The second-order valence-electron chi connectivity index (χ2n) is 3.84. The van der Waals surface area contributed by atoms with Crippen molar-refractivity contribution >= 4 is 17.8 Å². The molecular weight excluding hydrogens is 264 g/mol. The van der Waals surface area contributed by atoms with Crippen molar-refractivity contribution in [2.75, 3.05) is 20.3 Å². The third-order valence-corrected chi connectivity index (χ3v) is 2.36. The molecule has 20 heavy (non-hydrogen) atoms. The Morgan fingerprint density at radius 2 is 1.95 bits per heavy atom. The van der Waals surface area contributed by atoms with Gasteiger partial charge in [-0.2, -0.15) is 0 Å². The summed E-state index contributed by atoms with van der Waals surface area (Å²) in [5.41, 5.74) is 0.332. The molecule has 1 heterocycles. The third-order valence-electron chi connectivity index (χ3n) is 2.36. The number of ether oxygens (including phenoxy) is 2. The molecule has 0 spiro atoms. The van der Waals surface area contributed by atoms with Crippen LogP contribution in [0.1, 0.15) is 23.2 Å². The Morgan fingerprint density at radius 3 is 2.60 bits per heavy atom. The van der Waals surface area contributed by atoms with Crippen LogP contribution in [0.15, 0.2) is 24.5 Å². The number of amides is 1. The maximum Gasteiger partial charge on any atom is 0.338 e. The second-order valence-corrected chi connectivity index (χ2v) is 3.84. The number of hydrogen-bond acceptors (Lipinski definition) is 6. The summed E-state index contributed by atoms with van der Waals surface area (Å²) in [6.07, 6.45) is 3.62. The summed E-state index contributed by atoms with van der Waals surface area (Å²) >= 11 is 0. The number of methoxy groups -OCH3 is 1. The summed E-state index contributed by atoms with van der Waals surface area (Å²) in [7, 11) is 1.31. The summed E-state index contributed by atoms with van der Waals surface area (Å²) in [6, 6.07) is 2.99. The van der Waals surface area contributed by atoms with Crippen LogP contribution in [-0.2, 0) is 19.1 Å². The lowest BCUT2D eigenvalue weighted by molar-refractivity contribution is -0.140. The van der Waals surface area contributed by atoms with Gasteiger partial charge in [-0.25, -0.2) is 4.79 Å². The van der Waals surface area contributed by atoms with E-state index in [0.717, 1.165) is 0 Å². The van der Waals surface area contributed by atoms with E-state index in [1.54, 1.807) is 0 Å². The van der Waals surface area contributed by atoms with Gasteiger partial charge in [0.05, 0.1) is 12.7 Å². The zero-order valence-electron chi connectivity index (χ0n) is 11.1. The summed E-state index contributed by atoms with van der Waals surface area (Å²) < 4.78 is 9.28.